The number of hydrogen-bond acceptors (Lipinski definition) is 1. The molecule has 0 aliphatic carbocycles. The van der Waals surface area contributed by atoms with Crippen molar-refractivity contribution in [3.63, 3.8) is 0 Å². The van der Waals surface area contributed by atoms with Gasteiger partial charge in [0.25, 0.3) is 0 Å². The number of nitrogens with one attached hydrogen (secondary N) is 2. The molecule has 0 aliphatic heterocycles. The van der Waals surface area contributed by atoms with Gasteiger partial charge in [0.05, 0.1) is 0 Å². The summed E-state index contributed by atoms with van der Waals surface area (Å²) in [6, 6.07) is 9.65. The fraction of sp³-hybridized carbons (Fsp3) is 0.278. The van der Waals surface area contributed by atoms with Crippen LogP contribution in [0.25, 0.3) is 0 Å². The fourth-order valence-corrected chi connectivity index (χ4v) is 2.30. The molecular weight excluding hydrogens is 296 g/mol. The molecule has 0 amide bonds. The molecule has 0 aromatic heterocycles. The van der Waals surface area contributed by atoms with E-state index in [4.69, 9.17) is 0 Å². The summed E-state index contributed by atoms with van der Waals surface area (Å²) in [5.41, 5.74) is 3.84. The van der Waals surface area contributed by atoms with Gasteiger partial charge in [-0.15, -0.1) is 0 Å². The van der Waals surface area contributed by atoms with Crippen molar-refractivity contribution in [2.45, 2.75) is 26.9 Å². The predicted molar refractivity (Wildman–Crippen MR) is 89.3 cm³/mol. The molecule has 0 radical (unpaired) electrons. The molecule has 0 spiro atoms. The fourth-order valence-electron chi connectivity index (χ4n) is 2.30. The molecule has 122 valence electrons. The van der Waals surface area contributed by atoms with E-state index in [0.717, 1.165) is 17.7 Å². The van der Waals surface area contributed by atoms with Crippen molar-refractivity contribution >= 4 is 5.96 Å². The second-order valence-corrected chi connectivity index (χ2v) is 5.44. The molecule has 0 atom stereocenters. The highest BCUT2D eigenvalue weighted by Gasteiger charge is 2.06. The molecule has 2 aromatic rings. The van der Waals surface area contributed by atoms with Gasteiger partial charge in [-0.2, -0.15) is 0 Å². The minimum absolute atomic E-state index is 0.163. The van der Waals surface area contributed by atoms with Crippen LogP contribution in [0.15, 0.2) is 41.4 Å². The molecule has 0 bridgehead atoms. The standard InChI is InChI=1S/C18H21F2N3/c1-12-4-5-14(13(2)8-12)10-22-18(21-3)23-11-15-9-16(19)6-7-17(15)20/h4-9H,10-11H2,1-3H3,(H2,21,22,23). The largest absolute Gasteiger partial charge is 0.352 e. The van der Waals surface area contributed by atoms with Gasteiger partial charge >= 0.3 is 0 Å². The number of aryl methyl sites for hydroxylation is 2. The van der Waals surface area contributed by atoms with Gasteiger partial charge in [0.2, 0.25) is 0 Å². The molecule has 23 heavy (non-hydrogen) atoms. The van der Waals surface area contributed by atoms with Crippen LogP contribution < -0.4 is 10.6 Å². The van der Waals surface area contributed by atoms with E-state index >= 15 is 0 Å². The Morgan fingerprint density at radius 1 is 0.957 bits per heavy atom. The van der Waals surface area contributed by atoms with Crippen LogP contribution in [0.4, 0.5) is 8.78 Å². The summed E-state index contributed by atoms with van der Waals surface area (Å²) in [7, 11) is 1.64. The molecule has 3 nitrogen and oxygen atoms in total. The SMILES string of the molecule is CN=C(NCc1ccc(C)cc1C)NCc1cc(F)ccc1F. The highest BCUT2D eigenvalue weighted by Crippen LogP contribution is 2.11. The first kappa shape index (κ1) is 16.9. The number of benzene rings is 2. The molecule has 2 aromatic carbocycles. The van der Waals surface area contributed by atoms with E-state index < -0.39 is 11.6 Å². The summed E-state index contributed by atoms with van der Waals surface area (Å²) < 4.78 is 26.8. The average Bonchev–Trinajstić information content (AvgIpc) is 2.52. The summed E-state index contributed by atoms with van der Waals surface area (Å²) in [5.74, 6) is -0.362. The first-order valence-corrected chi connectivity index (χ1v) is 7.44. The van der Waals surface area contributed by atoms with E-state index in [1.54, 1.807) is 7.05 Å². The van der Waals surface area contributed by atoms with E-state index in [9.17, 15) is 8.78 Å². The van der Waals surface area contributed by atoms with Crippen LogP contribution in [0.1, 0.15) is 22.3 Å². The maximum absolute atomic E-state index is 13.6. The lowest BCUT2D eigenvalue weighted by molar-refractivity contribution is 0.581. The predicted octanol–water partition coefficient (Wildman–Crippen LogP) is 3.45. The zero-order valence-corrected chi connectivity index (χ0v) is 13.6. The monoisotopic (exact) mass is 317 g/mol. The van der Waals surface area contributed by atoms with Gasteiger partial charge in [0.1, 0.15) is 11.6 Å². The van der Waals surface area contributed by atoms with Crippen LogP contribution in [0, 0.1) is 25.5 Å². The Morgan fingerprint density at radius 3 is 2.30 bits per heavy atom. The first-order chi connectivity index (χ1) is 11.0. The lowest BCUT2D eigenvalue weighted by Gasteiger charge is -2.14. The molecule has 0 saturated heterocycles. The third kappa shape index (κ3) is 4.77. The highest BCUT2D eigenvalue weighted by atomic mass is 19.1. The normalized spacial score (nSPS) is 11.4. The van der Waals surface area contributed by atoms with E-state index in [-0.39, 0.29) is 12.1 Å². The van der Waals surface area contributed by atoms with Crippen LogP contribution in [-0.4, -0.2) is 13.0 Å². The Kier molecular flexibility index (Phi) is 5.68. The molecular formula is C18H21F2N3. The lowest BCUT2D eigenvalue weighted by atomic mass is 10.1. The zero-order chi connectivity index (χ0) is 16.8. The Morgan fingerprint density at radius 2 is 1.65 bits per heavy atom. The first-order valence-electron chi connectivity index (χ1n) is 7.44. The van der Waals surface area contributed by atoms with E-state index in [1.807, 2.05) is 0 Å². The van der Waals surface area contributed by atoms with Crippen molar-refractivity contribution in [3.05, 3.63) is 70.3 Å². The van der Waals surface area contributed by atoms with Gasteiger partial charge in [-0.3, -0.25) is 4.99 Å². The van der Waals surface area contributed by atoms with Crippen LogP contribution in [0.5, 0.6) is 0 Å². The Bertz CT molecular complexity index is 711. The minimum Gasteiger partial charge on any atom is -0.352 e. The van der Waals surface area contributed by atoms with E-state index in [1.165, 1.54) is 17.2 Å². The third-order valence-corrected chi connectivity index (χ3v) is 3.62. The lowest BCUT2D eigenvalue weighted by Crippen LogP contribution is -2.36. The molecule has 0 aliphatic rings. The van der Waals surface area contributed by atoms with Crippen LogP contribution >= 0.6 is 0 Å². The van der Waals surface area contributed by atoms with Crippen molar-refractivity contribution in [1.82, 2.24) is 10.6 Å². The average molecular weight is 317 g/mol. The maximum atomic E-state index is 13.6. The number of rotatable bonds is 4. The molecule has 2 N–H and O–H groups in total. The Balaban J connectivity index is 1.94. The van der Waals surface area contributed by atoms with Crippen molar-refractivity contribution in [3.8, 4) is 0 Å². The number of aliphatic imine (C=N–C) groups is 1. The second-order valence-electron chi connectivity index (χ2n) is 5.44. The summed E-state index contributed by atoms with van der Waals surface area (Å²) in [5, 5.41) is 6.16. The Hall–Kier alpha value is -2.43. The number of hydrogen-bond donors (Lipinski definition) is 2. The summed E-state index contributed by atoms with van der Waals surface area (Å²) in [6.07, 6.45) is 0. The molecule has 0 heterocycles. The third-order valence-electron chi connectivity index (χ3n) is 3.62. The zero-order valence-electron chi connectivity index (χ0n) is 13.6. The smallest absolute Gasteiger partial charge is 0.191 e. The topological polar surface area (TPSA) is 36.4 Å². The molecule has 5 heteroatoms. The van der Waals surface area contributed by atoms with Crippen LogP contribution in [-0.2, 0) is 13.1 Å². The molecule has 0 fully saturated rings. The quantitative estimate of drug-likeness (QED) is 0.669. The minimum atomic E-state index is -0.457. The maximum Gasteiger partial charge on any atom is 0.191 e. The van der Waals surface area contributed by atoms with Crippen molar-refractivity contribution in [1.29, 1.82) is 0 Å². The number of halogens is 2. The van der Waals surface area contributed by atoms with Gasteiger partial charge < -0.3 is 10.6 Å². The highest BCUT2D eigenvalue weighted by molar-refractivity contribution is 5.79. The van der Waals surface area contributed by atoms with Crippen LogP contribution in [0.2, 0.25) is 0 Å². The van der Waals surface area contributed by atoms with E-state index in [2.05, 4.69) is 47.7 Å². The summed E-state index contributed by atoms with van der Waals surface area (Å²) in [4.78, 5) is 4.10. The number of nitrogens with zero attached hydrogens (tertiary/aromatic N) is 1. The summed E-state index contributed by atoms with van der Waals surface area (Å²) in [6.45, 7) is 4.88. The van der Waals surface area contributed by atoms with Gasteiger partial charge in [0, 0.05) is 25.7 Å². The van der Waals surface area contributed by atoms with E-state index in [0.29, 0.717) is 12.5 Å². The van der Waals surface area contributed by atoms with Gasteiger partial charge in [0.15, 0.2) is 5.96 Å². The van der Waals surface area contributed by atoms with Gasteiger partial charge in [-0.1, -0.05) is 23.8 Å². The van der Waals surface area contributed by atoms with Crippen molar-refractivity contribution < 1.29 is 8.78 Å². The van der Waals surface area contributed by atoms with Crippen molar-refractivity contribution in [2.75, 3.05) is 7.05 Å². The summed E-state index contributed by atoms with van der Waals surface area (Å²) >= 11 is 0. The molecule has 0 unspecified atom stereocenters. The molecule has 2 rings (SSSR count). The Labute approximate surface area is 135 Å². The molecule has 0 saturated carbocycles. The number of guanidine groups is 1. The van der Waals surface area contributed by atoms with Crippen LogP contribution in [0.3, 0.4) is 0 Å². The van der Waals surface area contributed by atoms with Gasteiger partial charge in [-0.05, 0) is 43.2 Å². The second kappa shape index (κ2) is 7.72. The van der Waals surface area contributed by atoms with Gasteiger partial charge in [-0.25, -0.2) is 8.78 Å². The van der Waals surface area contributed by atoms with Crippen molar-refractivity contribution in [2.24, 2.45) is 4.99 Å².